The molecule has 3 aromatic carbocycles. The molecule has 3 unspecified atom stereocenters. The summed E-state index contributed by atoms with van der Waals surface area (Å²) in [4.78, 5) is 30.1. The van der Waals surface area contributed by atoms with Crippen LogP contribution >= 0.6 is 0 Å². The van der Waals surface area contributed by atoms with Crippen molar-refractivity contribution in [2.24, 2.45) is 0 Å². The van der Waals surface area contributed by atoms with Crippen molar-refractivity contribution in [2.75, 3.05) is 18.0 Å². The second kappa shape index (κ2) is 8.33. The number of hydrogen-bond donors (Lipinski definition) is 1. The highest BCUT2D eigenvalue weighted by Gasteiger charge is 2.44. The number of piperidine rings is 1. The number of amides is 1. The average Bonchev–Trinajstić information content (AvgIpc) is 3.31. The molecule has 3 aliphatic rings. The van der Waals surface area contributed by atoms with E-state index in [0.29, 0.717) is 6.42 Å². The fourth-order valence-electron chi connectivity index (χ4n) is 6.42. The molecule has 1 fully saturated rings. The van der Waals surface area contributed by atoms with Crippen molar-refractivity contribution < 1.29 is 14.7 Å². The summed E-state index contributed by atoms with van der Waals surface area (Å²) in [5.41, 5.74) is 4.19. The molecule has 174 valence electrons. The predicted molar refractivity (Wildman–Crippen MR) is 133 cm³/mol. The van der Waals surface area contributed by atoms with Gasteiger partial charge in [-0.1, -0.05) is 61.5 Å². The van der Waals surface area contributed by atoms with Crippen molar-refractivity contribution in [3.63, 3.8) is 0 Å². The van der Waals surface area contributed by atoms with Crippen LogP contribution in [0.1, 0.15) is 67.4 Å². The lowest BCUT2D eigenvalue weighted by atomic mass is 9.94. The Morgan fingerprint density at radius 1 is 0.941 bits per heavy atom. The van der Waals surface area contributed by atoms with E-state index in [9.17, 15) is 14.7 Å². The van der Waals surface area contributed by atoms with Gasteiger partial charge >= 0.3 is 0 Å². The van der Waals surface area contributed by atoms with Crippen LogP contribution in [0.25, 0.3) is 10.8 Å². The van der Waals surface area contributed by atoms with E-state index in [-0.39, 0.29) is 36.1 Å². The Hall–Kier alpha value is -3.02. The number of fused-ring (bicyclic) bond motifs is 1. The number of rotatable bonds is 5. The van der Waals surface area contributed by atoms with E-state index in [1.54, 1.807) is 0 Å². The van der Waals surface area contributed by atoms with E-state index >= 15 is 0 Å². The Labute approximate surface area is 200 Å². The Morgan fingerprint density at radius 2 is 1.62 bits per heavy atom. The van der Waals surface area contributed by atoms with Crippen LogP contribution < -0.4 is 4.90 Å². The van der Waals surface area contributed by atoms with Gasteiger partial charge in [-0.25, -0.2) is 0 Å². The summed E-state index contributed by atoms with van der Waals surface area (Å²) in [7, 11) is 0. The molecule has 0 aromatic heterocycles. The third-order valence-electron chi connectivity index (χ3n) is 8.10. The Morgan fingerprint density at radius 3 is 2.35 bits per heavy atom. The number of likely N-dealkylation sites (tertiary alicyclic amines) is 1. The normalized spacial score (nSPS) is 24.7. The average molecular weight is 455 g/mol. The minimum atomic E-state index is -0.531. The lowest BCUT2D eigenvalue weighted by Gasteiger charge is -2.41. The third-order valence-corrected chi connectivity index (χ3v) is 8.10. The number of carbonyl (C=O) groups excluding carboxylic acids is 2. The molecular formula is C29H30N2O3. The van der Waals surface area contributed by atoms with Crippen LogP contribution in [0.2, 0.25) is 0 Å². The molecule has 5 heteroatoms. The molecule has 5 nitrogen and oxygen atoms in total. The summed E-state index contributed by atoms with van der Waals surface area (Å²) in [6.45, 7) is 3.50. The number of carbonyl (C=O) groups is 2. The van der Waals surface area contributed by atoms with E-state index in [4.69, 9.17) is 0 Å². The van der Waals surface area contributed by atoms with Crippen LogP contribution in [0.3, 0.4) is 0 Å². The highest BCUT2D eigenvalue weighted by molar-refractivity contribution is 6.07. The molecule has 1 aliphatic carbocycles. The van der Waals surface area contributed by atoms with Gasteiger partial charge in [-0.3, -0.25) is 14.5 Å². The lowest BCUT2D eigenvalue weighted by Crippen LogP contribution is -2.48. The van der Waals surface area contributed by atoms with Gasteiger partial charge in [0.1, 0.15) is 5.78 Å². The number of para-hydroxylation sites is 1. The van der Waals surface area contributed by atoms with E-state index in [1.807, 2.05) is 48.2 Å². The topological polar surface area (TPSA) is 60.9 Å². The van der Waals surface area contributed by atoms with Gasteiger partial charge in [-0.2, -0.15) is 0 Å². The summed E-state index contributed by atoms with van der Waals surface area (Å²) in [6.07, 6.45) is 1.92. The first-order chi connectivity index (χ1) is 16.6. The van der Waals surface area contributed by atoms with E-state index < -0.39 is 6.10 Å². The molecule has 1 N–H and O–H groups in total. The first kappa shape index (κ1) is 21.5. The quantitative estimate of drug-likeness (QED) is 0.596. The summed E-state index contributed by atoms with van der Waals surface area (Å²) in [6, 6.07) is 20.5. The molecule has 2 heterocycles. The van der Waals surface area contributed by atoms with E-state index in [2.05, 4.69) is 29.2 Å². The highest BCUT2D eigenvalue weighted by atomic mass is 16.3. The molecule has 0 saturated carbocycles. The lowest BCUT2D eigenvalue weighted by molar-refractivity contribution is -0.125. The maximum Gasteiger partial charge on any atom is 0.235 e. The molecule has 34 heavy (non-hydrogen) atoms. The van der Waals surface area contributed by atoms with Gasteiger partial charge in [-0.15, -0.1) is 0 Å². The molecule has 1 amide bonds. The number of aliphatic hydroxyl groups excluding tert-OH is 1. The third kappa shape index (κ3) is 3.22. The Balaban J connectivity index is 1.23. The summed E-state index contributed by atoms with van der Waals surface area (Å²) < 4.78 is 0. The SMILES string of the molecule is CCC(=O)CC1C(=O)N(C2CCN(C3c4cccc5cccc(c45)C3O)CC2)c2ccccc21. The molecule has 3 aromatic rings. The fraction of sp³-hybridized carbons (Fsp3) is 0.379. The number of Topliss-reactive ketones (excluding diaryl/α,β-unsaturated/α-hetero) is 1. The number of benzene rings is 3. The minimum Gasteiger partial charge on any atom is -0.386 e. The Kier molecular flexibility index (Phi) is 5.27. The monoisotopic (exact) mass is 454 g/mol. The van der Waals surface area contributed by atoms with E-state index in [1.165, 1.54) is 16.3 Å². The van der Waals surface area contributed by atoms with Gasteiger partial charge in [0.05, 0.1) is 18.1 Å². The van der Waals surface area contributed by atoms with Crippen LogP contribution in [0.5, 0.6) is 0 Å². The highest BCUT2D eigenvalue weighted by Crippen LogP contribution is 2.48. The van der Waals surface area contributed by atoms with E-state index in [0.717, 1.165) is 42.7 Å². The number of nitrogens with zero attached hydrogens (tertiary/aromatic N) is 2. The molecule has 6 rings (SSSR count). The molecule has 1 saturated heterocycles. The van der Waals surface area contributed by atoms with Crippen LogP contribution in [0.15, 0.2) is 60.7 Å². The van der Waals surface area contributed by atoms with Crippen molar-refractivity contribution in [1.82, 2.24) is 4.90 Å². The zero-order chi connectivity index (χ0) is 23.4. The van der Waals surface area contributed by atoms with Crippen molar-refractivity contribution in [1.29, 1.82) is 0 Å². The molecular weight excluding hydrogens is 424 g/mol. The molecule has 0 spiro atoms. The first-order valence-corrected chi connectivity index (χ1v) is 12.5. The largest absolute Gasteiger partial charge is 0.386 e. The standard InChI is InChI=1S/C29H30N2O3/c1-2-20(32)17-24-21-9-3-4-12-25(21)31(29(24)34)19-13-15-30(16-14-19)27-22-10-5-7-18-8-6-11-23(26(18)22)28(27)33/h3-12,19,24,27-28,33H,2,13-17H2,1H3. The summed E-state index contributed by atoms with van der Waals surface area (Å²) in [5.74, 6) is -0.154. The van der Waals surface area contributed by atoms with Gasteiger partial charge in [-0.05, 0) is 46.4 Å². The van der Waals surface area contributed by atoms with Crippen LogP contribution in [0.4, 0.5) is 5.69 Å². The second-order valence-corrected chi connectivity index (χ2v) is 9.87. The number of aliphatic hydroxyl groups is 1. The summed E-state index contributed by atoms with van der Waals surface area (Å²) >= 11 is 0. The Bertz CT molecular complexity index is 1270. The minimum absolute atomic E-state index is 0.0430. The molecule has 2 aliphatic heterocycles. The molecule has 0 bridgehead atoms. The van der Waals surface area contributed by atoms with Crippen molar-refractivity contribution in [2.45, 2.75) is 56.7 Å². The van der Waals surface area contributed by atoms with Crippen molar-refractivity contribution in [3.05, 3.63) is 77.4 Å². The van der Waals surface area contributed by atoms with Gasteiger partial charge in [0.25, 0.3) is 0 Å². The van der Waals surface area contributed by atoms with Crippen molar-refractivity contribution in [3.8, 4) is 0 Å². The van der Waals surface area contributed by atoms with Gasteiger partial charge in [0, 0.05) is 37.7 Å². The fourth-order valence-corrected chi connectivity index (χ4v) is 6.42. The van der Waals surface area contributed by atoms with Gasteiger partial charge in [0.15, 0.2) is 0 Å². The number of hydrogen-bond acceptors (Lipinski definition) is 4. The predicted octanol–water partition coefficient (Wildman–Crippen LogP) is 4.89. The van der Waals surface area contributed by atoms with Crippen LogP contribution in [-0.4, -0.2) is 40.8 Å². The number of anilines is 1. The van der Waals surface area contributed by atoms with Crippen LogP contribution in [0, 0.1) is 0 Å². The second-order valence-electron chi connectivity index (χ2n) is 9.87. The molecule has 0 radical (unpaired) electrons. The van der Waals surface area contributed by atoms with Gasteiger partial charge < -0.3 is 10.0 Å². The first-order valence-electron chi connectivity index (χ1n) is 12.5. The maximum absolute atomic E-state index is 13.5. The van der Waals surface area contributed by atoms with Gasteiger partial charge in [0.2, 0.25) is 5.91 Å². The maximum atomic E-state index is 13.5. The number of ketones is 1. The molecule has 3 atom stereocenters. The van der Waals surface area contributed by atoms with Crippen LogP contribution in [-0.2, 0) is 9.59 Å². The zero-order valence-electron chi connectivity index (χ0n) is 19.5. The smallest absolute Gasteiger partial charge is 0.235 e. The zero-order valence-corrected chi connectivity index (χ0v) is 19.5. The summed E-state index contributed by atoms with van der Waals surface area (Å²) in [5, 5.41) is 13.6. The van der Waals surface area contributed by atoms with Crippen molar-refractivity contribution >= 4 is 28.2 Å².